The van der Waals surface area contributed by atoms with Gasteiger partial charge in [-0.2, -0.15) is 0 Å². The lowest BCUT2D eigenvalue weighted by Crippen LogP contribution is -2.01. The fraction of sp³-hybridized carbons (Fsp3) is 0.111. The number of halogens is 3. The van der Waals surface area contributed by atoms with Crippen LogP contribution in [0.5, 0.6) is 0 Å². The fourth-order valence-electron chi connectivity index (χ4n) is 2.34. The van der Waals surface area contributed by atoms with Crippen molar-refractivity contribution < 1.29 is 4.39 Å². The van der Waals surface area contributed by atoms with Crippen LogP contribution in [0.1, 0.15) is 5.56 Å². The fourth-order valence-corrected chi connectivity index (χ4v) is 3.82. The molecule has 0 aliphatic carbocycles. The summed E-state index contributed by atoms with van der Waals surface area (Å²) in [5.41, 5.74) is 1.31. The van der Waals surface area contributed by atoms with E-state index in [0.717, 1.165) is 5.56 Å². The number of aromatic nitrogens is 3. The van der Waals surface area contributed by atoms with Crippen LogP contribution < -0.4 is 0 Å². The number of nitrogens with zero attached hydrogens (tertiary/aromatic N) is 3. The number of hydrogen-bond donors (Lipinski definition) is 0. The first-order valence-electron chi connectivity index (χ1n) is 7.46. The summed E-state index contributed by atoms with van der Waals surface area (Å²) >= 11 is 13.5. The van der Waals surface area contributed by atoms with Crippen LogP contribution in [0, 0.1) is 5.82 Å². The van der Waals surface area contributed by atoms with Crippen LogP contribution in [0.3, 0.4) is 0 Å². The SMILES string of the molecule is C=CCn1c(SCc2c(F)cccc2Cl)nnc1-c1cccc(Cl)c1. The average Bonchev–Trinajstić information content (AvgIpc) is 2.98. The molecule has 128 valence electrons. The molecular weight excluding hydrogens is 380 g/mol. The quantitative estimate of drug-likeness (QED) is 0.387. The molecule has 3 nitrogen and oxygen atoms in total. The largest absolute Gasteiger partial charge is 0.298 e. The lowest BCUT2D eigenvalue weighted by Gasteiger charge is -2.09. The maximum absolute atomic E-state index is 13.9. The van der Waals surface area contributed by atoms with Crippen LogP contribution in [0.25, 0.3) is 11.4 Å². The normalized spacial score (nSPS) is 10.8. The van der Waals surface area contributed by atoms with E-state index >= 15 is 0 Å². The zero-order valence-electron chi connectivity index (χ0n) is 13.1. The van der Waals surface area contributed by atoms with E-state index < -0.39 is 0 Å². The molecule has 0 saturated carbocycles. The molecule has 3 rings (SSSR count). The van der Waals surface area contributed by atoms with E-state index in [4.69, 9.17) is 23.2 Å². The van der Waals surface area contributed by atoms with Gasteiger partial charge in [-0.05, 0) is 24.3 Å². The molecule has 0 spiro atoms. The van der Waals surface area contributed by atoms with Gasteiger partial charge in [-0.15, -0.1) is 16.8 Å². The van der Waals surface area contributed by atoms with Gasteiger partial charge in [0.2, 0.25) is 0 Å². The molecule has 0 aliphatic rings. The first kappa shape index (κ1) is 18.0. The van der Waals surface area contributed by atoms with Crippen molar-refractivity contribution in [2.45, 2.75) is 17.5 Å². The van der Waals surface area contributed by atoms with Gasteiger partial charge in [-0.1, -0.05) is 59.2 Å². The van der Waals surface area contributed by atoms with Gasteiger partial charge in [0, 0.05) is 33.5 Å². The summed E-state index contributed by atoms with van der Waals surface area (Å²) in [6, 6.07) is 12.1. The van der Waals surface area contributed by atoms with Crippen LogP contribution in [0.4, 0.5) is 4.39 Å². The predicted molar refractivity (Wildman–Crippen MR) is 102 cm³/mol. The smallest absolute Gasteiger partial charge is 0.192 e. The highest BCUT2D eigenvalue weighted by Gasteiger charge is 2.15. The van der Waals surface area contributed by atoms with Crippen LogP contribution in [-0.4, -0.2) is 14.8 Å². The Balaban J connectivity index is 1.91. The second kappa shape index (κ2) is 8.04. The number of allylic oxidation sites excluding steroid dienone is 1. The minimum absolute atomic E-state index is 0.329. The topological polar surface area (TPSA) is 30.7 Å². The van der Waals surface area contributed by atoms with E-state index in [-0.39, 0.29) is 5.82 Å². The first-order chi connectivity index (χ1) is 12.1. The Morgan fingerprint density at radius 2 is 1.96 bits per heavy atom. The molecule has 0 saturated heterocycles. The molecule has 2 aromatic carbocycles. The maximum atomic E-state index is 13.9. The third-order valence-corrected chi connectivity index (χ3v) is 5.10. The van der Waals surface area contributed by atoms with Gasteiger partial charge < -0.3 is 0 Å². The van der Waals surface area contributed by atoms with Crippen molar-refractivity contribution in [2.75, 3.05) is 0 Å². The van der Waals surface area contributed by atoms with E-state index in [9.17, 15) is 4.39 Å². The highest BCUT2D eigenvalue weighted by molar-refractivity contribution is 7.98. The molecule has 0 aliphatic heterocycles. The van der Waals surface area contributed by atoms with Gasteiger partial charge >= 0.3 is 0 Å². The average molecular weight is 394 g/mol. The van der Waals surface area contributed by atoms with Crippen LogP contribution in [-0.2, 0) is 12.3 Å². The number of thioether (sulfide) groups is 1. The summed E-state index contributed by atoms with van der Waals surface area (Å²) in [7, 11) is 0. The van der Waals surface area contributed by atoms with Crippen molar-refractivity contribution in [3.05, 3.63) is 76.5 Å². The molecule has 1 aromatic heterocycles. The second-order valence-electron chi connectivity index (χ2n) is 5.20. The Morgan fingerprint density at radius 3 is 2.68 bits per heavy atom. The predicted octanol–water partition coefficient (Wildman–Crippen LogP) is 5.87. The van der Waals surface area contributed by atoms with Crippen molar-refractivity contribution in [3.63, 3.8) is 0 Å². The molecule has 0 unspecified atom stereocenters. The number of rotatable bonds is 6. The van der Waals surface area contributed by atoms with Crippen molar-refractivity contribution in [2.24, 2.45) is 0 Å². The summed E-state index contributed by atoms with van der Waals surface area (Å²) in [4.78, 5) is 0. The standard InChI is InChI=1S/C18H14Cl2FN3S/c1-2-9-24-17(12-5-3-6-13(19)10-12)22-23-18(24)25-11-14-15(20)7-4-8-16(14)21/h2-8,10H,1,9,11H2. The van der Waals surface area contributed by atoms with Crippen molar-refractivity contribution in [3.8, 4) is 11.4 Å². The Morgan fingerprint density at radius 1 is 1.16 bits per heavy atom. The summed E-state index contributed by atoms with van der Waals surface area (Å²) in [5, 5.41) is 10.2. The second-order valence-corrected chi connectivity index (χ2v) is 6.99. The molecule has 0 amide bonds. The van der Waals surface area contributed by atoms with Gasteiger partial charge in [-0.3, -0.25) is 4.57 Å². The lowest BCUT2D eigenvalue weighted by atomic mass is 10.2. The molecule has 0 atom stereocenters. The van der Waals surface area contributed by atoms with E-state index in [1.54, 1.807) is 24.3 Å². The van der Waals surface area contributed by atoms with Gasteiger partial charge in [0.1, 0.15) is 5.82 Å². The van der Waals surface area contributed by atoms with E-state index in [1.165, 1.54) is 17.8 Å². The first-order valence-corrected chi connectivity index (χ1v) is 9.20. The Bertz CT molecular complexity index is 891. The van der Waals surface area contributed by atoms with Crippen molar-refractivity contribution in [1.29, 1.82) is 0 Å². The van der Waals surface area contributed by atoms with Crippen LogP contribution in [0.15, 0.2) is 60.3 Å². The molecule has 25 heavy (non-hydrogen) atoms. The van der Waals surface area contributed by atoms with Gasteiger partial charge in [0.25, 0.3) is 0 Å². The minimum Gasteiger partial charge on any atom is -0.298 e. The van der Waals surface area contributed by atoms with Gasteiger partial charge in [0.15, 0.2) is 11.0 Å². The molecular formula is C18H14Cl2FN3S. The van der Waals surface area contributed by atoms with Crippen LogP contribution in [0.2, 0.25) is 10.0 Å². The third-order valence-electron chi connectivity index (χ3n) is 3.52. The van der Waals surface area contributed by atoms with Gasteiger partial charge in [0.05, 0.1) is 0 Å². The third kappa shape index (κ3) is 4.06. The highest BCUT2D eigenvalue weighted by Crippen LogP contribution is 2.30. The molecule has 1 heterocycles. The molecule has 0 bridgehead atoms. The Labute approximate surface area is 159 Å². The molecule has 3 aromatic rings. The van der Waals surface area contributed by atoms with Crippen molar-refractivity contribution in [1.82, 2.24) is 14.8 Å². The zero-order chi connectivity index (χ0) is 17.8. The van der Waals surface area contributed by atoms with Gasteiger partial charge in [-0.25, -0.2) is 4.39 Å². The maximum Gasteiger partial charge on any atom is 0.192 e. The highest BCUT2D eigenvalue weighted by atomic mass is 35.5. The Kier molecular flexibility index (Phi) is 5.78. The molecule has 0 N–H and O–H groups in total. The lowest BCUT2D eigenvalue weighted by molar-refractivity contribution is 0.617. The van der Waals surface area contributed by atoms with E-state index in [1.807, 2.05) is 22.8 Å². The monoisotopic (exact) mass is 393 g/mol. The minimum atomic E-state index is -0.329. The number of benzene rings is 2. The van der Waals surface area contributed by atoms with E-state index in [2.05, 4.69) is 16.8 Å². The van der Waals surface area contributed by atoms with Crippen LogP contribution >= 0.6 is 35.0 Å². The van der Waals surface area contributed by atoms with Crippen molar-refractivity contribution >= 4 is 35.0 Å². The summed E-state index contributed by atoms with van der Waals surface area (Å²) < 4.78 is 15.9. The number of hydrogen-bond acceptors (Lipinski definition) is 3. The summed E-state index contributed by atoms with van der Waals surface area (Å²) in [5.74, 6) is 0.713. The zero-order valence-corrected chi connectivity index (χ0v) is 15.5. The molecule has 0 fully saturated rings. The molecule has 7 heteroatoms. The Hall–Kier alpha value is -1.82. The summed E-state index contributed by atoms with van der Waals surface area (Å²) in [6.07, 6.45) is 1.76. The van der Waals surface area contributed by atoms with E-state index in [0.29, 0.717) is 38.9 Å². The molecule has 0 radical (unpaired) electrons. The summed E-state index contributed by atoms with van der Waals surface area (Å²) in [6.45, 7) is 4.31.